The first kappa shape index (κ1) is 7.64. The maximum absolute atomic E-state index is 2.39. The lowest BCUT2D eigenvalue weighted by molar-refractivity contribution is 0.199. The number of hydrogen-bond donors (Lipinski definition) is 0. The Morgan fingerprint density at radius 1 is 1.18 bits per heavy atom. The molecule has 0 aromatic rings. The van der Waals surface area contributed by atoms with E-state index in [2.05, 4.69) is 13.8 Å². The zero-order chi connectivity index (χ0) is 7.90. The van der Waals surface area contributed by atoms with Crippen LogP contribution in [0.5, 0.6) is 0 Å². The maximum Gasteiger partial charge on any atom is -0.0294 e. The van der Waals surface area contributed by atoms with Crippen molar-refractivity contribution in [2.45, 2.75) is 52.4 Å². The highest BCUT2D eigenvalue weighted by molar-refractivity contribution is 4.97. The van der Waals surface area contributed by atoms with Crippen molar-refractivity contribution in [1.82, 2.24) is 0 Å². The molecule has 1 unspecified atom stereocenters. The third-order valence-corrected chi connectivity index (χ3v) is 3.88. The number of rotatable bonds is 1. The minimum Gasteiger partial charge on any atom is -0.0625 e. The highest BCUT2D eigenvalue weighted by atomic mass is 14.5. The lowest BCUT2D eigenvalue weighted by Crippen LogP contribution is -2.20. The Kier molecular flexibility index (Phi) is 1.74. The minimum atomic E-state index is 0.882. The summed E-state index contributed by atoms with van der Waals surface area (Å²) >= 11 is 0. The molecule has 0 aromatic heterocycles. The van der Waals surface area contributed by atoms with E-state index in [9.17, 15) is 0 Å². The molecular formula is C11H20. The van der Waals surface area contributed by atoms with Crippen LogP contribution in [0.3, 0.4) is 0 Å². The van der Waals surface area contributed by atoms with E-state index < -0.39 is 0 Å². The van der Waals surface area contributed by atoms with E-state index in [-0.39, 0.29) is 0 Å². The van der Waals surface area contributed by atoms with Crippen molar-refractivity contribution in [2.75, 3.05) is 0 Å². The first-order valence-corrected chi connectivity index (χ1v) is 5.22. The molecule has 2 saturated carbocycles. The molecular weight excluding hydrogens is 132 g/mol. The molecule has 11 heavy (non-hydrogen) atoms. The molecule has 1 spiro atoms. The van der Waals surface area contributed by atoms with Crippen LogP contribution in [0.15, 0.2) is 0 Å². The predicted molar refractivity (Wildman–Crippen MR) is 48.5 cm³/mol. The predicted octanol–water partition coefficient (Wildman–Crippen LogP) is 3.61. The van der Waals surface area contributed by atoms with Crippen molar-refractivity contribution >= 4 is 0 Å². The summed E-state index contributed by atoms with van der Waals surface area (Å²) in [5.74, 6) is 2.00. The summed E-state index contributed by atoms with van der Waals surface area (Å²) in [6.07, 6.45) is 9.25. The van der Waals surface area contributed by atoms with Crippen molar-refractivity contribution < 1.29 is 0 Å². The van der Waals surface area contributed by atoms with Gasteiger partial charge in [-0.15, -0.1) is 0 Å². The Balaban J connectivity index is 1.93. The van der Waals surface area contributed by atoms with E-state index >= 15 is 0 Å². The van der Waals surface area contributed by atoms with Crippen LogP contribution >= 0.6 is 0 Å². The smallest absolute Gasteiger partial charge is 0.0294 e. The average Bonchev–Trinajstić information content (AvgIpc) is 2.69. The van der Waals surface area contributed by atoms with Gasteiger partial charge in [-0.3, -0.25) is 0 Å². The Morgan fingerprint density at radius 2 is 1.91 bits per heavy atom. The van der Waals surface area contributed by atoms with Gasteiger partial charge in [-0.05, 0) is 42.9 Å². The number of hydrogen-bond acceptors (Lipinski definition) is 0. The van der Waals surface area contributed by atoms with Gasteiger partial charge in [0.15, 0.2) is 0 Å². The normalized spacial score (nSPS) is 34.6. The van der Waals surface area contributed by atoms with Gasteiger partial charge in [-0.25, -0.2) is 0 Å². The lowest BCUT2D eigenvalue weighted by atomic mass is 9.74. The van der Waals surface area contributed by atoms with Crippen LogP contribution in [0, 0.1) is 17.3 Å². The maximum atomic E-state index is 2.39. The molecule has 0 saturated heterocycles. The molecule has 0 amide bonds. The van der Waals surface area contributed by atoms with Crippen molar-refractivity contribution in [2.24, 2.45) is 17.3 Å². The fraction of sp³-hybridized carbons (Fsp3) is 1.00. The molecule has 0 aromatic carbocycles. The monoisotopic (exact) mass is 152 g/mol. The van der Waals surface area contributed by atoms with Gasteiger partial charge in [0.05, 0.1) is 0 Å². The highest BCUT2D eigenvalue weighted by Crippen LogP contribution is 2.58. The van der Waals surface area contributed by atoms with Crippen molar-refractivity contribution in [3.05, 3.63) is 0 Å². The van der Waals surface area contributed by atoms with Crippen LogP contribution in [-0.4, -0.2) is 0 Å². The Bertz CT molecular complexity index is 142. The molecule has 2 aliphatic carbocycles. The molecule has 0 heteroatoms. The molecule has 2 aliphatic rings. The molecule has 0 radical (unpaired) electrons. The molecule has 0 N–H and O–H groups in total. The van der Waals surface area contributed by atoms with Crippen LogP contribution in [0.25, 0.3) is 0 Å². The van der Waals surface area contributed by atoms with Crippen molar-refractivity contribution in [1.29, 1.82) is 0 Å². The topological polar surface area (TPSA) is 0 Å². The minimum absolute atomic E-state index is 0.882. The molecule has 2 fully saturated rings. The van der Waals surface area contributed by atoms with E-state index in [1.807, 2.05) is 0 Å². The summed E-state index contributed by atoms with van der Waals surface area (Å²) in [6, 6.07) is 0. The third kappa shape index (κ3) is 1.45. The first-order chi connectivity index (χ1) is 5.22. The molecule has 1 atom stereocenters. The van der Waals surface area contributed by atoms with Crippen LogP contribution in [-0.2, 0) is 0 Å². The van der Waals surface area contributed by atoms with Crippen molar-refractivity contribution in [3.63, 3.8) is 0 Å². The SMILES string of the molecule is CC(C)C1CCCC2(CC2)C1. The Labute approximate surface area is 70.4 Å². The van der Waals surface area contributed by atoms with Gasteiger partial charge in [0, 0.05) is 0 Å². The summed E-state index contributed by atoms with van der Waals surface area (Å²) in [4.78, 5) is 0. The summed E-state index contributed by atoms with van der Waals surface area (Å²) in [7, 11) is 0. The van der Waals surface area contributed by atoms with E-state index in [1.54, 1.807) is 25.7 Å². The Morgan fingerprint density at radius 3 is 2.45 bits per heavy atom. The molecule has 0 aliphatic heterocycles. The zero-order valence-corrected chi connectivity index (χ0v) is 7.90. The van der Waals surface area contributed by atoms with E-state index in [1.165, 1.54) is 12.8 Å². The Hall–Kier alpha value is 0. The zero-order valence-electron chi connectivity index (χ0n) is 7.90. The average molecular weight is 152 g/mol. The second-order valence-corrected chi connectivity index (χ2v) is 5.10. The summed E-state index contributed by atoms with van der Waals surface area (Å²) in [6.45, 7) is 4.79. The third-order valence-electron chi connectivity index (χ3n) is 3.88. The first-order valence-electron chi connectivity index (χ1n) is 5.22. The highest BCUT2D eigenvalue weighted by Gasteiger charge is 2.45. The van der Waals surface area contributed by atoms with Gasteiger partial charge in [0.25, 0.3) is 0 Å². The van der Waals surface area contributed by atoms with E-state index in [0.29, 0.717) is 0 Å². The van der Waals surface area contributed by atoms with Gasteiger partial charge in [-0.1, -0.05) is 26.7 Å². The van der Waals surface area contributed by atoms with Gasteiger partial charge in [0.2, 0.25) is 0 Å². The largest absolute Gasteiger partial charge is 0.0625 e. The summed E-state index contributed by atoms with van der Waals surface area (Å²) in [5, 5.41) is 0. The van der Waals surface area contributed by atoms with Crippen molar-refractivity contribution in [3.8, 4) is 0 Å². The summed E-state index contributed by atoms with van der Waals surface area (Å²) < 4.78 is 0. The molecule has 0 heterocycles. The van der Waals surface area contributed by atoms with Gasteiger partial charge in [-0.2, -0.15) is 0 Å². The fourth-order valence-electron chi connectivity index (χ4n) is 2.70. The fourth-order valence-corrected chi connectivity index (χ4v) is 2.70. The van der Waals surface area contributed by atoms with Gasteiger partial charge >= 0.3 is 0 Å². The summed E-state index contributed by atoms with van der Waals surface area (Å²) in [5.41, 5.74) is 0.882. The quantitative estimate of drug-likeness (QED) is 0.538. The van der Waals surface area contributed by atoms with Gasteiger partial charge < -0.3 is 0 Å². The van der Waals surface area contributed by atoms with E-state index in [0.717, 1.165) is 17.3 Å². The molecule has 0 bridgehead atoms. The van der Waals surface area contributed by atoms with Gasteiger partial charge in [0.1, 0.15) is 0 Å². The molecule has 0 nitrogen and oxygen atoms in total. The lowest BCUT2D eigenvalue weighted by Gasteiger charge is -2.31. The van der Waals surface area contributed by atoms with Crippen LogP contribution in [0.4, 0.5) is 0 Å². The van der Waals surface area contributed by atoms with E-state index in [4.69, 9.17) is 0 Å². The molecule has 2 rings (SSSR count). The second-order valence-electron chi connectivity index (χ2n) is 5.10. The standard InChI is InChI=1S/C11H20/c1-9(2)10-4-3-5-11(8-10)6-7-11/h9-10H,3-8H2,1-2H3. The van der Waals surface area contributed by atoms with Crippen LogP contribution in [0.1, 0.15) is 52.4 Å². The van der Waals surface area contributed by atoms with Crippen LogP contribution < -0.4 is 0 Å². The molecule has 64 valence electrons. The van der Waals surface area contributed by atoms with Crippen LogP contribution in [0.2, 0.25) is 0 Å². The second kappa shape index (κ2) is 2.50.